The number of thiophene rings is 1. The Balaban J connectivity index is 1.35. The fourth-order valence-electron chi connectivity index (χ4n) is 3.41. The Kier molecular flexibility index (Phi) is 5.67. The molecule has 1 aliphatic heterocycles. The van der Waals surface area contributed by atoms with Crippen molar-refractivity contribution in [1.82, 2.24) is 14.9 Å². The number of nitrogens with one attached hydrogen (secondary N) is 1. The monoisotopic (exact) mass is 439 g/mol. The van der Waals surface area contributed by atoms with Crippen LogP contribution in [-0.4, -0.2) is 58.9 Å². The van der Waals surface area contributed by atoms with Crippen molar-refractivity contribution in [2.75, 3.05) is 36.4 Å². The zero-order valence-corrected chi connectivity index (χ0v) is 16.9. The lowest BCUT2D eigenvalue weighted by atomic mass is 10.2. The zero-order valence-electron chi connectivity index (χ0n) is 16.1. The minimum atomic E-state index is -4.73. The molecule has 30 heavy (non-hydrogen) atoms. The number of aliphatic hydroxyl groups excluding tert-OH is 1. The van der Waals surface area contributed by atoms with Crippen LogP contribution in [0.3, 0.4) is 0 Å². The first-order valence-corrected chi connectivity index (χ1v) is 10.2. The van der Waals surface area contributed by atoms with Gasteiger partial charge >= 0.3 is 6.36 Å². The molecule has 3 heterocycles. The third kappa shape index (κ3) is 4.58. The van der Waals surface area contributed by atoms with Crippen molar-refractivity contribution in [2.24, 2.45) is 0 Å². The molecule has 0 amide bonds. The highest BCUT2D eigenvalue weighted by Crippen LogP contribution is 2.31. The molecular weight excluding hydrogens is 419 g/mol. The largest absolute Gasteiger partial charge is 0.573 e. The minimum Gasteiger partial charge on any atom is -0.406 e. The van der Waals surface area contributed by atoms with Crippen LogP contribution in [0.4, 0.5) is 24.7 Å². The van der Waals surface area contributed by atoms with Gasteiger partial charge in [0.1, 0.15) is 22.7 Å². The van der Waals surface area contributed by atoms with E-state index in [1.54, 1.807) is 17.7 Å². The van der Waals surface area contributed by atoms with Crippen molar-refractivity contribution < 1.29 is 23.0 Å². The Bertz CT molecular complexity index is 1000. The number of benzene rings is 1. The summed E-state index contributed by atoms with van der Waals surface area (Å²) in [5, 5.41) is 16.5. The van der Waals surface area contributed by atoms with Gasteiger partial charge in [0.05, 0.1) is 5.39 Å². The minimum absolute atomic E-state index is 0.309. The molecule has 1 atom stereocenters. The van der Waals surface area contributed by atoms with Crippen LogP contribution in [0.25, 0.3) is 10.2 Å². The molecule has 160 valence electrons. The standard InChI is InChI=1S/C19H20F3N5O2S/c1-12-10-30-17-15(12)16(23-11-24-17)26-6-8-27(9-7-26)18(28)25-13-2-4-14(5-3-13)29-19(20,21)22/h2-5,10-11,18,25,28H,6-9H2,1H3. The van der Waals surface area contributed by atoms with E-state index < -0.39 is 12.7 Å². The van der Waals surface area contributed by atoms with Gasteiger partial charge in [0, 0.05) is 31.9 Å². The number of alkyl halides is 3. The topological polar surface area (TPSA) is 73.8 Å². The molecule has 0 spiro atoms. The molecule has 0 radical (unpaired) electrons. The second-order valence-corrected chi connectivity index (χ2v) is 7.77. The molecular formula is C19H20F3N5O2S. The van der Waals surface area contributed by atoms with Crippen LogP contribution < -0.4 is 15.0 Å². The normalized spacial score (nSPS) is 16.6. The summed E-state index contributed by atoms with van der Waals surface area (Å²) < 4.78 is 40.6. The summed E-state index contributed by atoms with van der Waals surface area (Å²) in [4.78, 5) is 13.8. The number of ether oxygens (including phenoxy) is 1. The summed E-state index contributed by atoms with van der Waals surface area (Å²) in [6, 6.07) is 5.25. The van der Waals surface area contributed by atoms with Crippen molar-refractivity contribution in [3.63, 3.8) is 0 Å². The van der Waals surface area contributed by atoms with E-state index in [0.717, 1.165) is 21.6 Å². The Hall–Kier alpha value is -2.63. The fourth-order valence-corrected chi connectivity index (χ4v) is 4.29. The number of fused-ring (bicyclic) bond motifs is 1. The molecule has 1 aliphatic rings. The van der Waals surface area contributed by atoms with Gasteiger partial charge in [-0.15, -0.1) is 24.5 Å². The predicted octanol–water partition coefficient (Wildman–Crippen LogP) is 3.41. The lowest BCUT2D eigenvalue weighted by Crippen LogP contribution is -2.52. The van der Waals surface area contributed by atoms with E-state index in [1.165, 1.54) is 24.3 Å². The zero-order chi connectivity index (χ0) is 21.3. The van der Waals surface area contributed by atoms with Gasteiger partial charge in [0.15, 0.2) is 6.35 Å². The molecule has 0 bridgehead atoms. The molecule has 0 saturated carbocycles. The van der Waals surface area contributed by atoms with Gasteiger partial charge in [-0.2, -0.15) is 0 Å². The van der Waals surface area contributed by atoms with Crippen LogP contribution in [0.15, 0.2) is 36.0 Å². The molecule has 4 rings (SSSR count). The number of aliphatic hydroxyl groups is 1. The van der Waals surface area contributed by atoms with Gasteiger partial charge in [-0.1, -0.05) is 0 Å². The average molecular weight is 439 g/mol. The van der Waals surface area contributed by atoms with Crippen molar-refractivity contribution in [3.05, 3.63) is 41.5 Å². The lowest BCUT2D eigenvalue weighted by molar-refractivity contribution is -0.274. The number of anilines is 2. The summed E-state index contributed by atoms with van der Waals surface area (Å²) in [6.45, 7) is 4.59. The molecule has 0 aliphatic carbocycles. The number of aryl methyl sites for hydroxylation is 1. The molecule has 2 aromatic heterocycles. The average Bonchev–Trinajstić information content (AvgIpc) is 3.10. The second kappa shape index (κ2) is 8.25. The van der Waals surface area contributed by atoms with E-state index in [9.17, 15) is 18.3 Å². The highest BCUT2D eigenvalue weighted by Gasteiger charge is 2.31. The van der Waals surface area contributed by atoms with Crippen molar-refractivity contribution in [1.29, 1.82) is 0 Å². The Morgan fingerprint density at radius 3 is 2.50 bits per heavy atom. The summed E-state index contributed by atoms with van der Waals surface area (Å²) >= 11 is 1.59. The van der Waals surface area contributed by atoms with Crippen molar-refractivity contribution in [2.45, 2.75) is 19.6 Å². The predicted molar refractivity (Wildman–Crippen MR) is 109 cm³/mol. The maximum atomic E-state index is 12.2. The summed E-state index contributed by atoms with van der Waals surface area (Å²) in [5.41, 5.74) is 1.64. The first-order chi connectivity index (χ1) is 14.3. The van der Waals surface area contributed by atoms with Gasteiger partial charge < -0.3 is 20.1 Å². The quantitative estimate of drug-likeness (QED) is 0.591. The smallest absolute Gasteiger partial charge is 0.406 e. The first kappa shape index (κ1) is 20.6. The number of hydrogen-bond donors (Lipinski definition) is 2. The van der Waals surface area contributed by atoms with Gasteiger partial charge in [-0.3, -0.25) is 4.90 Å². The Labute approximate surface area is 174 Å². The maximum Gasteiger partial charge on any atom is 0.573 e. The van der Waals surface area contributed by atoms with Crippen LogP contribution in [0, 0.1) is 6.92 Å². The van der Waals surface area contributed by atoms with Crippen molar-refractivity contribution >= 4 is 33.1 Å². The molecule has 2 N–H and O–H groups in total. The van der Waals surface area contributed by atoms with E-state index in [2.05, 4.69) is 30.3 Å². The third-order valence-electron chi connectivity index (χ3n) is 4.88. The molecule has 11 heteroatoms. The Morgan fingerprint density at radius 2 is 1.83 bits per heavy atom. The highest BCUT2D eigenvalue weighted by molar-refractivity contribution is 7.17. The van der Waals surface area contributed by atoms with E-state index in [1.807, 2.05) is 11.8 Å². The second-order valence-electron chi connectivity index (χ2n) is 6.91. The van der Waals surface area contributed by atoms with E-state index in [-0.39, 0.29) is 5.75 Å². The van der Waals surface area contributed by atoms with Crippen LogP contribution in [0.2, 0.25) is 0 Å². The van der Waals surface area contributed by atoms with Gasteiger partial charge in [-0.05, 0) is 42.1 Å². The lowest BCUT2D eigenvalue weighted by Gasteiger charge is -2.38. The van der Waals surface area contributed by atoms with Crippen LogP contribution in [-0.2, 0) is 0 Å². The molecule has 1 aromatic carbocycles. The van der Waals surface area contributed by atoms with Crippen molar-refractivity contribution in [3.8, 4) is 5.75 Å². The number of halogens is 3. The third-order valence-corrected chi connectivity index (χ3v) is 5.88. The number of aromatic nitrogens is 2. The maximum absolute atomic E-state index is 12.2. The van der Waals surface area contributed by atoms with E-state index in [4.69, 9.17) is 0 Å². The molecule has 1 unspecified atom stereocenters. The number of piperazine rings is 1. The summed E-state index contributed by atoms with van der Waals surface area (Å²) in [7, 11) is 0. The van der Waals surface area contributed by atoms with Gasteiger partial charge in [-0.25, -0.2) is 9.97 Å². The highest BCUT2D eigenvalue weighted by atomic mass is 32.1. The SMILES string of the molecule is Cc1csc2ncnc(N3CCN(C(O)Nc4ccc(OC(F)(F)F)cc4)CC3)c12. The summed E-state index contributed by atoms with van der Waals surface area (Å²) in [5.74, 6) is 0.595. The molecule has 7 nitrogen and oxygen atoms in total. The van der Waals surface area contributed by atoms with Crippen LogP contribution in [0.1, 0.15) is 5.56 Å². The molecule has 1 fully saturated rings. The van der Waals surface area contributed by atoms with E-state index >= 15 is 0 Å². The Morgan fingerprint density at radius 1 is 1.13 bits per heavy atom. The number of hydrogen-bond acceptors (Lipinski definition) is 8. The van der Waals surface area contributed by atoms with Gasteiger partial charge in [0.2, 0.25) is 0 Å². The first-order valence-electron chi connectivity index (χ1n) is 9.28. The van der Waals surface area contributed by atoms with Crippen LogP contribution in [0.5, 0.6) is 5.75 Å². The summed E-state index contributed by atoms with van der Waals surface area (Å²) in [6.07, 6.45) is -4.12. The van der Waals surface area contributed by atoms with Crippen LogP contribution >= 0.6 is 11.3 Å². The number of rotatable bonds is 5. The molecule has 1 saturated heterocycles. The van der Waals surface area contributed by atoms with E-state index in [0.29, 0.717) is 31.9 Å². The molecule has 3 aromatic rings. The number of nitrogens with zero attached hydrogens (tertiary/aromatic N) is 4. The fraction of sp³-hybridized carbons (Fsp3) is 0.368. The van der Waals surface area contributed by atoms with Gasteiger partial charge in [0.25, 0.3) is 0 Å².